The van der Waals surface area contributed by atoms with E-state index in [9.17, 15) is 18.4 Å². The van der Waals surface area contributed by atoms with Crippen molar-refractivity contribution in [3.63, 3.8) is 0 Å². The number of hydrogen-bond donors (Lipinski definition) is 0. The number of carbonyl (C=O) groups is 1. The van der Waals surface area contributed by atoms with E-state index in [1.54, 1.807) is 17.9 Å². The van der Waals surface area contributed by atoms with E-state index in [1.165, 1.54) is 28.9 Å². The van der Waals surface area contributed by atoms with Crippen LogP contribution in [0.15, 0.2) is 35.1 Å². The molecular weight excluding hydrogens is 352 g/mol. The molecule has 1 aliphatic heterocycles. The van der Waals surface area contributed by atoms with Crippen LogP contribution in [0.3, 0.4) is 0 Å². The molecule has 0 unspecified atom stereocenters. The molecule has 1 aliphatic rings. The summed E-state index contributed by atoms with van der Waals surface area (Å²) in [5.41, 5.74) is 0.472. The lowest BCUT2D eigenvalue weighted by atomic mass is 9.91. The molecule has 5 nitrogen and oxygen atoms in total. The van der Waals surface area contributed by atoms with Gasteiger partial charge in [-0.3, -0.25) is 9.59 Å². The van der Waals surface area contributed by atoms with Crippen molar-refractivity contribution < 1.29 is 13.6 Å². The Morgan fingerprint density at radius 3 is 2.70 bits per heavy atom. The molecule has 1 aromatic heterocycles. The standard InChI is InChI=1S/C20H23F2N3O2/c1-14-7-10-19(26)25(23-14)13-20(27)24-11-3-4-15(12-24)8-9-16-17(21)5-2-6-18(16)22/h2,5-7,10,15H,3-4,8-9,11-13H2,1H3/t15-/m0/s1. The fraction of sp³-hybridized carbons (Fsp3) is 0.450. The molecule has 27 heavy (non-hydrogen) atoms. The number of rotatable bonds is 5. The van der Waals surface area contributed by atoms with Crippen molar-refractivity contribution in [1.82, 2.24) is 14.7 Å². The number of aryl methyl sites for hydroxylation is 1. The third-order valence-electron chi connectivity index (χ3n) is 5.02. The molecule has 0 spiro atoms. The zero-order valence-electron chi connectivity index (χ0n) is 15.3. The minimum absolute atomic E-state index is 0.0881. The van der Waals surface area contributed by atoms with E-state index in [4.69, 9.17) is 0 Å². The molecule has 0 aliphatic carbocycles. The van der Waals surface area contributed by atoms with Gasteiger partial charge in [0.05, 0.1) is 5.69 Å². The van der Waals surface area contributed by atoms with Gasteiger partial charge in [-0.25, -0.2) is 13.5 Å². The fourth-order valence-corrected chi connectivity index (χ4v) is 3.54. The fourth-order valence-electron chi connectivity index (χ4n) is 3.54. The molecule has 0 bridgehead atoms. The average molecular weight is 375 g/mol. The molecule has 1 fully saturated rings. The van der Waals surface area contributed by atoms with E-state index in [-0.39, 0.29) is 29.5 Å². The second-order valence-corrected chi connectivity index (χ2v) is 7.06. The number of aromatic nitrogens is 2. The van der Waals surface area contributed by atoms with Crippen molar-refractivity contribution >= 4 is 5.91 Å². The summed E-state index contributed by atoms with van der Waals surface area (Å²) in [5.74, 6) is -1.02. The molecule has 1 amide bonds. The van der Waals surface area contributed by atoms with Gasteiger partial charge < -0.3 is 4.90 Å². The number of benzene rings is 1. The molecule has 0 radical (unpaired) electrons. The maximum Gasteiger partial charge on any atom is 0.267 e. The summed E-state index contributed by atoms with van der Waals surface area (Å²) in [5, 5.41) is 4.10. The van der Waals surface area contributed by atoms with Gasteiger partial charge in [-0.2, -0.15) is 5.10 Å². The lowest BCUT2D eigenvalue weighted by Crippen LogP contribution is -2.43. The normalized spacial score (nSPS) is 17.1. The van der Waals surface area contributed by atoms with Gasteiger partial charge in [-0.1, -0.05) is 6.07 Å². The SMILES string of the molecule is Cc1ccc(=O)n(CC(=O)N2CCC[C@@H](CCc3c(F)cccc3F)C2)n1. The Morgan fingerprint density at radius 1 is 1.22 bits per heavy atom. The van der Waals surface area contributed by atoms with E-state index >= 15 is 0 Å². The van der Waals surface area contributed by atoms with Gasteiger partial charge >= 0.3 is 0 Å². The average Bonchev–Trinajstić information content (AvgIpc) is 2.64. The summed E-state index contributed by atoms with van der Waals surface area (Å²) >= 11 is 0. The zero-order chi connectivity index (χ0) is 19.4. The van der Waals surface area contributed by atoms with Gasteiger partial charge in [0.2, 0.25) is 5.91 Å². The van der Waals surface area contributed by atoms with Crippen LogP contribution in [0.1, 0.15) is 30.5 Å². The lowest BCUT2D eigenvalue weighted by molar-refractivity contribution is -0.134. The summed E-state index contributed by atoms with van der Waals surface area (Å²) in [6, 6.07) is 6.90. The Labute approximate surface area is 156 Å². The first-order valence-corrected chi connectivity index (χ1v) is 9.19. The monoisotopic (exact) mass is 375 g/mol. The summed E-state index contributed by atoms with van der Waals surface area (Å²) in [4.78, 5) is 26.1. The Bertz CT molecular complexity index is 862. The number of likely N-dealkylation sites (tertiary alicyclic amines) is 1. The molecule has 2 aromatic rings. The van der Waals surface area contributed by atoms with Crippen LogP contribution in [0.2, 0.25) is 0 Å². The van der Waals surface area contributed by atoms with Crippen LogP contribution in [0.25, 0.3) is 0 Å². The highest BCUT2D eigenvalue weighted by Crippen LogP contribution is 2.23. The van der Waals surface area contributed by atoms with Crippen LogP contribution in [-0.2, 0) is 17.8 Å². The first-order valence-electron chi connectivity index (χ1n) is 9.19. The van der Waals surface area contributed by atoms with E-state index in [0.717, 1.165) is 12.8 Å². The third-order valence-corrected chi connectivity index (χ3v) is 5.02. The smallest absolute Gasteiger partial charge is 0.267 e. The van der Waals surface area contributed by atoms with Crippen LogP contribution in [0, 0.1) is 24.5 Å². The second kappa shape index (κ2) is 8.41. The molecule has 7 heteroatoms. The predicted molar refractivity (Wildman–Crippen MR) is 97.2 cm³/mol. The maximum atomic E-state index is 13.8. The van der Waals surface area contributed by atoms with Crippen LogP contribution in [0.4, 0.5) is 8.78 Å². The minimum atomic E-state index is -0.524. The van der Waals surface area contributed by atoms with Crippen LogP contribution >= 0.6 is 0 Å². The Morgan fingerprint density at radius 2 is 1.96 bits per heavy atom. The van der Waals surface area contributed by atoms with Gasteiger partial charge in [0.1, 0.15) is 18.2 Å². The van der Waals surface area contributed by atoms with Crippen molar-refractivity contribution in [3.8, 4) is 0 Å². The van der Waals surface area contributed by atoms with Gasteiger partial charge in [0, 0.05) is 24.7 Å². The van der Waals surface area contributed by atoms with Crippen molar-refractivity contribution in [1.29, 1.82) is 0 Å². The van der Waals surface area contributed by atoms with Crippen LogP contribution in [-0.4, -0.2) is 33.7 Å². The van der Waals surface area contributed by atoms with Gasteiger partial charge in [0.25, 0.3) is 5.56 Å². The molecule has 1 aromatic carbocycles. The summed E-state index contributed by atoms with van der Waals surface area (Å²) in [6.07, 6.45) is 2.68. The number of nitrogens with zero attached hydrogens (tertiary/aromatic N) is 3. The minimum Gasteiger partial charge on any atom is -0.341 e. The number of hydrogen-bond acceptors (Lipinski definition) is 3. The highest BCUT2D eigenvalue weighted by atomic mass is 19.1. The van der Waals surface area contributed by atoms with Crippen molar-refractivity contribution in [2.75, 3.05) is 13.1 Å². The second-order valence-electron chi connectivity index (χ2n) is 7.06. The van der Waals surface area contributed by atoms with Gasteiger partial charge in [-0.15, -0.1) is 0 Å². The number of halogens is 2. The van der Waals surface area contributed by atoms with Gasteiger partial charge in [0.15, 0.2) is 0 Å². The summed E-state index contributed by atoms with van der Waals surface area (Å²) in [7, 11) is 0. The van der Waals surface area contributed by atoms with E-state index < -0.39 is 11.6 Å². The molecule has 2 heterocycles. The summed E-state index contributed by atoms with van der Waals surface area (Å²) < 4.78 is 28.7. The Balaban J connectivity index is 1.59. The van der Waals surface area contributed by atoms with Crippen LogP contribution in [0.5, 0.6) is 0 Å². The molecular formula is C20H23F2N3O2. The van der Waals surface area contributed by atoms with Gasteiger partial charge in [-0.05, 0) is 56.7 Å². The molecule has 1 saturated heterocycles. The maximum absolute atomic E-state index is 13.8. The third kappa shape index (κ3) is 4.78. The highest BCUT2D eigenvalue weighted by Gasteiger charge is 2.24. The highest BCUT2D eigenvalue weighted by molar-refractivity contribution is 5.76. The van der Waals surface area contributed by atoms with Crippen molar-refractivity contribution in [2.45, 2.75) is 39.2 Å². The topological polar surface area (TPSA) is 55.2 Å². The number of piperidine rings is 1. The number of carbonyl (C=O) groups excluding carboxylic acids is 1. The van der Waals surface area contributed by atoms with Crippen molar-refractivity contribution in [3.05, 3.63) is 63.6 Å². The van der Waals surface area contributed by atoms with E-state index in [1.807, 2.05) is 0 Å². The molecule has 3 rings (SSSR count). The Kier molecular flexibility index (Phi) is 5.98. The summed E-state index contributed by atoms with van der Waals surface area (Å²) in [6.45, 7) is 2.84. The largest absolute Gasteiger partial charge is 0.341 e. The first kappa shape index (κ1) is 19.2. The molecule has 0 saturated carbocycles. The van der Waals surface area contributed by atoms with Crippen LogP contribution < -0.4 is 5.56 Å². The molecule has 144 valence electrons. The van der Waals surface area contributed by atoms with E-state index in [2.05, 4.69) is 5.10 Å². The quantitative estimate of drug-likeness (QED) is 0.807. The number of amides is 1. The first-order chi connectivity index (χ1) is 12.9. The molecule has 0 N–H and O–H groups in total. The molecule has 1 atom stereocenters. The van der Waals surface area contributed by atoms with E-state index in [0.29, 0.717) is 31.6 Å². The predicted octanol–water partition coefficient (Wildman–Crippen LogP) is 2.70. The lowest BCUT2D eigenvalue weighted by Gasteiger charge is -2.33. The van der Waals surface area contributed by atoms with Crippen molar-refractivity contribution in [2.24, 2.45) is 5.92 Å². The Hall–Kier alpha value is -2.57. The zero-order valence-corrected chi connectivity index (χ0v) is 15.3.